The zero-order valence-corrected chi connectivity index (χ0v) is 10.6. The molecule has 1 aromatic heterocycles. The smallest absolute Gasteiger partial charge is 0.0897 e. The van der Waals surface area contributed by atoms with Crippen LogP contribution in [0.1, 0.15) is 49.7 Å². The van der Waals surface area contributed by atoms with Gasteiger partial charge in [0, 0.05) is 17.9 Å². The van der Waals surface area contributed by atoms with Gasteiger partial charge in [0.2, 0.25) is 0 Å². The molecule has 3 heteroatoms. The normalized spacial score (nSPS) is 31.8. The van der Waals surface area contributed by atoms with Crippen molar-refractivity contribution < 1.29 is 4.74 Å². The van der Waals surface area contributed by atoms with Crippen LogP contribution < -0.4 is 0 Å². The zero-order chi connectivity index (χ0) is 10.9. The van der Waals surface area contributed by atoms with Crippen molar-refractivity contribution >= 4 is 11.3 Å². The third-order valence-corrected chi connectivity index (χ3v) is 4.19. The summed E-state index contributed by atoms with van der Waals surface area (Å²) in [5, 5.41) is 3.39. The first kappa shape index (κ1) is 11.1. The van der Waals surface area contributed by atoms with Gasteiger partial charge in [-0.3, -0.25) is 0 Å². The van der Waals surface area contributed by atoms with Crippen LogP contribution in [0.25, 0.3) is 0 Å². The number of ether oxygens (including phenoxy) is 1. The Labute approximate surface area is 95.7 Å². The van der Waals surface area contributed by atoms with Crippen molar-refractivity contribution in [1.82, 2.24) is 4.98 Å². The SMILES string of the molecule is CC[C@]1(C)C[C@@H](c2csc(C)n2)CCO1. The fourth-order valence-electron chi connectivity index (χ4n) is 2.20. The van der Waals surface area contributed by atoms with Gasteiger partial charge in [0.05, 0.1) is 16.3 Å². The molecule has 2 rings (SSSR count). The minimum absolute atomic E-state index is 0.0699. The Kier molecular flexibility index (Phi) is 3.12. The quantitative estimate of drug-likeness (QED) is 0.768. The van der Waals surface area contributed by atoms with E-state index in [9.17, 15) is 0 Å². The van der Waals surface area contributed by atoms with E-state index in [0.29, 0.717) is 5.92 Å². The molecule has 0 aromatic carbocycles. The monoisotopic (exact) mass is 225 g/mol. The van der Waals surface area contributed by atoms with E-state index in [-0.39, 0.29) is 5.60 Å². The minimum Gasteiger partial charge on any atom is -0.375 e. The van der Waals surface area contributed by atoms with Crippen LogP contribution in [-0.2, 0) is 4.74 Å². The molecule has 0 saturated carbocycles. The summed E-state index contributed by atoms with van der Waals surface area (Å²) < 4.78 is 5.85. The third-order valence-electron chi connectivity index (χ3n) is 3.40. The molecule has 84 valence electrons. The lowest BCUT2D eigenvalue weighted by Crippen LogP contribution is -2.35. The molecular weight excluding hydrogens is 206 g/mol. The molecule has 0 amide bonds. The van der Waals surface area contributed by atoms with Gasteiger partial charge in [-0.1, -0.05) is 6.92 Å². The predicted molar refractivity (Wildman–Crippen MR) is 63.5 cm³/mol. The molecule has 0 radical (unpaired) electrons. The Bertz CT molecular complexity index is 336. The second-order valence-electron chi connectivity index (χ2n) is 4.63. The standard InChI is InChI=1S/C12H19NOS/c1-4-12(3)7-10(5-6-14-12)11-8-15-9(2)13-11/h8,10H,4-7H2,1-3H3/t10-,12+/m0/s1. The first-order chi connectivity index (χ1) is 7.13. The summed E-state index contributed by atoms with van der Waals surface area (Å²) in [5.74, 6) is 0.605. The highest BCUT2D eigenvalue weighted by molar-refractivity contribution is 7.09. The second kappa shape index (κ2) is 4.22. The average Bonchev–Trinajstić information content (AvgIpc) is 2.65. The molecule has 0 spiro atoms. The molecule has 0 aliphatic carbocycles. The Balaban J connectivity index is 2.11. The van der Waals surface area contributed by atoms with Gasteiger partial charge in [0.1, 0.15) is 0 Å². The van der Waals surface area contributed by atoms with E-state index in [4.69, 9.17) is 4.74 Å². The molecule has 1 fully saturated rings. The molecule has 1 saturated heterocycles. The van der Waals surface area contributed by atoms with E-state index in [0.717, 1.165) is 25.9 Å². The Hall–Kier alpha value is -0.410. The molecule has 2 atom stereocenters. The minimum atomic E-state index is 0.0699. The van der Waals surface area contributed by atoms with Crippen LogP contribution in [0.5, 0.6) is 0 Å². The van der Waals surface area contributed by atoms with Crippen LogP contribution in [0.3, 0.4) is 0 Å². The number of thiazole rings is 1. The molecule has 15 heavy (non-hydrogen) atoms. The number of aromatic nitrogens is 1. The van der Waals surface area contributed by atoms with Crippen molar-refractivity contribution in [3.05, 3.63) is 16.1 Å². The molecule has 1 aliphatic rings. The van der Waals surface area contributed by atoms with Crippen LogP contribution in [0.15, 0.2) is 5.38 Å². The fourth-order valence-corrected chi connectivity index (χ4v) is 2.89. The Morgan fingerprint density at radius 3 is 3.07 bits per heavy atom. The highest BCUT2D eigenvalue weighted by atomic mass is 32.1. The van der Waals surface area contributed by atoms with Gasteiger partial charge in [0.15, 0.2) is 0 Å². The molecule has 2 heterocycles. The molecule has 0 bridgehead atoms. The maximum absolute atomic E-state index is 5.85. The van der Waals surface area contributed by atoms with Crippen molar-refractivity contribution in [2.45, 2.75) is 51.6 Å². The van der Waals surface area contributed by atoms with Crippen LogP contribution >= 0.6 is 11.3 Å². The van der Waals surface area contributed by atoms with Crippen LogP contribution in [0.2, 0.25) is 0 Å². The maximum atomic E-state index is 5.85. The number of hydrogen-bond donors (Lipinski definition) is 0. The van der Waals surface area contributed by atoms with Gasteiger partial charge in [-0.2, -0.15) is 0 Å². The summed E-state index contributed by atoms with van der Waals surface area (Å²) in [7, 11) is 0. The Morgan fingerprint density at radius 2 is 2.47 bits per heavy atom. The van der Waals surface area contributed by atoms with Crippen LogP contribution in [-0.4, -0.2) is 17.2 Å². The fraction of sp³-hybridized carbons (Fsp3) is 0.750. The van der Waals surface area contributed by atoms with E-state index < -0.39 is 0 Å². The summed E-state index contributed by atoms with van der Waals surface area (Å²) in [5.41, 5.74) is 1.35. The van der Waals surface area contributed by atoms with E-state index in [2.05, 4.69) is 31.1 Å². The van der Waals surface area contributed by atoms with E-state index in [1.807, 2.05) is 0 Å². The van der Waals surface area contributed by atoms with Crippen LogP contribution in [0, 0.1) is 6.92 Å². The van der Waals surface area contributed by atoms with Crippen molar-refractivity contribution in [2.24, 2.45) is 0 Å². The lowest BCUT2D eigenvalue weighted by Gasteiger charge is -2.37. The van der Waals surface area contributed by atoms with Crippen molar-refractivity contribution in [3.8, 4) is 0 Å². The second-order valence-corrected chi connectivity index (χ2v) is 5.70. The van der Waals surface area contributed by atoms with E-state index >= 15 is 0 Å². The van der Waals surface area contributed by atoms with Gasteiger partial charge in [-0.15, -0.1) is 11.3 Å². The first-order valence-electron chi connectivity index (χ1n) is 5.69. The first-order valence-corrected chi connectivity index (χ1v) is 6.57. The number of nitrogens with zero attached hydrogens (tertiary/aromatic N) is 1. The highest BCUT2D eigenvalue weighted by Crippen LogP contribution is 2.37. The van der Waals surface area contributed by atoms with Gasteiger partial charge in [-0.05, 0) is 33.1 Å². The average molecular weight is 225 g/mol. The summed E-state index contributed by atoms with van der Waals surface area (Å²) in [6, 6.07) is 0. The molecule has 1 aliphatic heterocycles. The summed E-state index contributed by atoms with van der Waals surface area (Å²) >= 11 is 1.75. The molecule has 1 aromatic rings. The molecule has 0 N–H and O–H groups in total. The zero-order valence-electron chi connectivity index (χ0n) is 9.75. The lowest BCUT2D eigenvalue weighted by molar-refractivity contribution is -0.0750. The van der Waals surface area contributed by atoms with Gasteiger partial charge in [0.25, 0.3) is 0 Å². The van der Waals surface area contributed by atoms with Gasteiger partial charge in [-0.25, -0.2) is 4.98 Å². The molecular formula is C12H19NOS. The third kappa shape index (κ3) is 2.40. The summed E-state index contributed by atoms with van der Waals surface area (Å²) in [6.45, 7) is 7.38. The van der Waals surface area contributed by atoms with Crippen molar-refractivity contribution in [1.29, 1.82) is 0 Å². The van der Waals surface area contributed by atoms with E-state index in [1.54, 1.807) is 11.3 Å². The number of rotatable bonds is 2. The maximum Gasteiger partial charge on any atom is 0.0897 e. The van der Waals surface area contributed by atoms with Gasteiger partial charge < -0.3 is 4.74 Å². The number of hydrogen-bond acceptors (Lipinski definition) is 3. The van der Waals surface area contributed by atoms with Crippen molar-refractivity contribution in [2.75, 3.05) is 6.61 Å². The largest absolute Gasteiger partial charge is 0.375 e. The predicted octanol–water partition coefficient (Wildman–Crippen LogP) is 3.51. The topological polar surface area (TPSA) is 22.1 Å². The molecule has 2 nitrogen and oxygen atoms in total. The van der Waals surface area contributed by atoms with Crippen LogP contribution in [0.4, 0.5) is 0 Å². The lowest BCUT2D eigenvalue weighted by atomic mass is 9.84. The summed E-state index contributed by atoms with van der Waals surface area (Å²) in [4.78, 5) is 4.60. The molecule has 0 unspecified atom stereocenters. The van der Waals surface area contributed by atoms with Crippen molar-refractivity contribution in [3.63, 3.8) is 0 Å². The Morgan fingerprint density at radius 1 is 1.67 bits per heavy atom. The van der Waals surface area contributed by atoms with Gasteiger partial charge >= 0.3 is 0 Å². The summed E-state index contributed by atoms with van der Waals surface area (Å²) in [6.07, 6.45) is 3.33. The highest BCUT2D eigenvalue weighted by Gasteiger charge is 2.33. The number of aryl methyl sites for hydroxylation is 1. The van der Waals surface area contributed by atoms with E-state index in [1.165, 1.54) is 10.7 Å².